The molecule has 1 fully saturated rings. The number of alkyl halides is 3. The molecule has 3 atom stereocenters. The molecular weight excluding hydrogens is 485 g/mol. The van der Waals surface area contributed by atoms with Crippen LogP contribution < -0.4 is 5.32 Å². The van der Waals surface area contributed by atoms with E-state index in [1.54, 1.807) is 18.2 Å². The quantitative estimate of drug-likeness (QED) is 0.328. The minimum atomic E-state index is -4.57. The second kappa shape index (κ2) is 11.7. The van der Waals surface area contributed by atoms with Crippen LogP contribution in [0.15, 0.2) is 84.9 Å². The number of carbonyl (C=O) groups is 1. The number of rotatable bonds is 8. The summed E-state index contributed by atoms with van der Waals surface area (Å²) in [5, 5.41) is 2.34. The maximum Gasteiger partial charge on any atom is 0.412 e. The summed E-state index contributed by atoms with van der Waals surface area (Å²) < 4.78 is 41.6. The van der Waals surface area contributed by atoms with E-state index in [0.29, 0.717) is 6.42 Å². The number of hydrogen-bond donors (Lipinski definition) is 1. The zero-order chi connectivity index (χ0) is 27.3. The van der Waals surface area contributed by atoms with Crippen LogP contribution in [0.25, 0.3) is 0 Å². The Morgan fingerprint density at radius 3 is 2.08 bits per heavy atom. The molecule has 0 bridgehead atoms. The van der Waals surface area contributed by atoms with Crippen molar-refractivity contribution in [2.24, 2.45) is 5.92 Å². The molecule has 3 aromatic rings. The molecule has 3 nitrogen and oxygen atoms in total. The maximum absolute atomic E-state index is 13.9. The van der Waals surface area contributed by atoms with Gasteiger partial charge < -0.3 is 5.32 Å². The average Bonchev–Trinajstić information content (AvgIpc) is 2.92. The predicted molar refractivity (Wildman–Crippen MR) is 145 cm³/mol. The van der Waals surface area contributed by atoms with Gasteiger partial charge in [-0.25, -0.2) is 0 Å². The highest BCUT2D eigenvalue weighted by Gasteiger charge is 2.43. The lowest BCUT2D eigenvalue weighted by atomic mass is 9.74. The lowest BCUT2D eigenvalue weighted by Gasteiger charge is -2.36. The van der Waals surface area contributed by atoms with Crippen LogP contribution in [-0.4, -0.2) is 24.0 Å². The van der Waals surface area contributed by atoms with Crippen molar-refractivity contribution >= 4 is 5.91 Å². The van der Waals surface area contributed by atoms with Crippen molar-refractivity contribution in [1.29, 1.82) is 0 Å². The molecule has 2 unspecified atom stereocenters. The first-order valence-electron chi connectivity index (χ1n) is 13.3. The van der Waals surface area contributed by atoms with Crippen LogP contribution in [-0.2, 0) is 16.9 Å². The molecule has 1 aliphatic carbocycles. The van der Waals surface area contributed by atoms with Gasteiger partial charge in [-0.3, -0.25) is 9.69 Å². The molecular formula is C32H37F3N2O. The highest BCUT2D eigenvalue weighted by atomic mass is 19.4. The SMILES string of the molecule is CN(Cc1ccc([C@H]2CCCCC2C(=O)NC(c2ccccc2)C(F)(F)F)cc1)C(C)(C)c1ccccc1. The lowest BCUT2D eigenvalue weighted by Crippen LogP contribution is -2.43. The minimum absolute atomic E-state index is 0.0487. The molecule has 4 rings (SSSR count). The van der Waals surface area contributed by atoms with Crippen molar-refractivity contribution in [3.63, 3.8) is 0 Å². The van der Waals surface area contributed by atoms with Gasteiger partial charge in [0.2, 0.25) is 5.91 Å². The number of hydrogen-bond acceptors (Lipinski definition) is 2. The Morgan fingerprint density at radius 1 is 0.895 bits per heavy atom. The van der Waals surface area contributed by atoms with E-state index in [2.05, 4.69) is 55.4 Å². The smallest absolute Gasteiger partial charge is 0.341 e. The van der Waals surface area contributed by atoms with Crippen LogP contribution in [0.1, 0.15) is 73.7 Å². The maximum atomic E-state index is 13.9. The number of nitrogens with one attached hydrogen (secondary N) is 1. The molecule has 1 saturated carbocycles. The molecule has 3 aromatic carbocycles. The summed E-state index contributed by atoms with van der Waals surface area (Å²) >= 11 is 0. The summed E-state index contributed by atoms with van der Waals surface area (Å²) in [5.74, 6) is -1.10. The van der Waals surface area contributed by atoms with Gasteiger partial charge in [0.1, 0.15) is 0 Å². The van der Waals surface area contributed by atoms with Gasteiger partial charge in [0.15, 0.2) is 6.04 Å². The van der Waals surface area contributed by atoms with Crippen LogP contribution >= 0.6 is 0 Å². The Balaban J connectivity index is 1.47. The first kappa shape index (κ1) is 27.9. The van der Waals surface area contributed by atoms with E-state index < -0.39 is 24.0 Å². The standard InChI is InChI=1S/C32H37F3N2O/c1-31(2,26-14-8-5-9-15-26)37(3)22-23-18-20-24(21-19-23)27-16-10-11-17-28(27)30(38)36-29(32(33,34)35)25-12-6-4-7-13-25/h4-9,12-15,18-21,27-29H,10-11,16-17,22H2,1-3H3,(H,36,38)/t27-,28?,29?/m1/s1. The molecule has 1 aliphatic rings. The Morgan fingerprint density at radius 2 is 1.47 bits per heavy atom. The Labute approximate surface area is 224 Å². The topological polar surface area (TPSA) is 32.3 Å². The van der Waals surface area contributed by atoms with Crippen LogP contribution in [0.3, 0.4) is 0 Å². The molecule has 0 radical (unpaired) electrons. The molecule has 38 heavy (non-hydrogen) atoms. The van der Waals surface area contributed by atoms with Gasteiger partial charge in [-0.1, -0.05) is 97.8 Å². The average molecular weight is 523 g/mol. The summed E-state index contributed by atoms with van der Waals surface area (Å²) in [6, 6.07) is 24.2. The number of carbonyl (C=O) groups excluding carboxylic acids is 1. The zero-order valence-corrected chi connectivity index (χ0v) is 22.3. The van der Waals surface area contributed by atoms with Crippen molar-refractivity contribution in [3.8, 4) is 0 Å². The summed E-state index contributed by atoms with van der Waals surface area (Å²) in [5.41, 5.74) is 3.30. The Kier molecular flexibility index (Phi) is 8.61. The molecule has 202 valence electrons. The van der Waals surface area contributed by atoms with Gasteiger partial charge in [0.05, 0.1) is 0 Å². The molecule has 1 N–H and O–H groups in total. The van der Waals surface area contributed by atoms with Gasteiger partial charge in [-0.2, -0.15) is 13.2 Å². The van der Waals surface area contributed by atoms with Crippen molar-refractivity contribution < 1.29 is 18.0 Å². The Bertz CT molecular complexity index is 1180. The van der Waals surface area contributed by atoms with E-state index in [1.807, 2.05) is 30.3 Å². The second-order valence-electron chi connectivity index (χ2n) is 10.9. The van der Waals surface area contributed by atoms with Crippen LogP contribution in [0.2, 0.25) is 0 Å². The highest BCUT2D eigenvalue weighted by Crippen LogP contribution is 2.40. The number of amides is 1. The van der Waals surface area contributed by atoms with Crippen LogP contribution in [0.4, 0.5) is 13.2 Å². The molecule has 6 heteroatoms. The van der Waals surface area contributed by atoms with Gasteiger partial charge in [-0.05, 0) is 61.9 Å². The van der Waals surface area contributed by atoms with Gasteiger partial charge in [0.25, 0.3) is 0 Å². The third-order valence-corrected chi connectivity index (χ3v) is 8.11. The molecule has 0 spiro atoms. The first-order chi connectivity index (χ1) is 18.1. The fourth-order valence-electron chi connectivity index (χ4n) is 5.50. The van der Waals surface area contributed by atoms with E-state index >= 15 is 0 Å². The van der Waals surface area contributed by atoms with Crippen molar-refractivity contribution in [2.45, 2.75) is 69.8 Å². The van der Waals surface area contributed by atoms with E-state index in [9.17, 15) is 18.0 Å². The number of benzene rings is 3. The first-order valence-corrected chi connectivity index (χ1v) is 13.3. The molecule has 0 aromatic heterocycles. The minimum Gasteiger partial charge on any atom is -0.341 e. The molecule has 1 amide bonds. The third kappa shape index (κ3) is 6.47. The normalized spacial score (nSPS) is 19.2. The van der Waals surface area contributed by atoms with E-state index in [0.717, 1.165) is 36.9 Å². The number of halogens is 3. The van der Waals surface area contributed by atoms with E-state index in [-0.39, 0.29) is 17.0 Å². The summed E-state index contributed by atoms with van der Waals surface area (Å²) in [6.07, 6.45) is -1.38. The van der Waals surface area contributed by atoms with E-state index in [4.69, 9.17) is 0 Å². The number of nitrogens with zero attached hydrogens (tertiary/aromatic N) is 1. The van der Waals surface area contributed by atoms with Crippen molar-refractivity contribution in [2.75, 3.05) is 7.05 Å². The highest BCUT2D eigenvalue weighted by molar-refractivity contribution is 5.80. The fraction of sp³-hybridized carbons (Fsp3) is 0.406. The van der Waals surface area contributed by atoms with Gasteiger partial charge in [-0.15, -0.1) is 0 Å². The summed E-state index contributed by atoms with van der Waals surface area (Å²) in [7, 11) is 2.10. The predicted octanol–water partition coefficient (Wildman–Crippen LogP) is 7.75. The summed E-state index contributed by atoms with van der Waals surface area (Å²) in [4.78, 5) is 15.6. The van der Waals surface area contributed by atoms with E-state index in [1.165, 1.54) is 17.7 Å². The second-order valence-corrected chi connectivity index (χ2v) is 10.9. The van der Waals surface area contributed by atoms with Gasteiger partial charge >= 0.3 is 6.18 Å². The fourth-order valence-corrected chi connectivity index (χ4v) is 5.50. The van der Waals surface area contributed by atoms with Crippen molar-refractivity contribution in [3.05, 3.63) is 107 Å². The third-order valence-electron chi connectivity index (χ3n) is 8.11. The van der Waals surface area contributed by atoms with Crippen LogP contribution in [0, 0.1) is 5.92 Å². The van der Waals surface area contributed by atoms with Crippen molar-refractivity contribution in [1.82, 2.24) is 10.2 Å². The molecule has 0 aliphatic heterocycles. The summed E-state index contributed by atoms with van der Waals surface area (Å²) in [6.45, 7) is 5.15. The van der Waals surface area contributed by atoms with Gasteiger partial charge in [0, 0.05) is 18.0 Å². The van der Waals surface area contributed by atoms with Crippen LogP contribution in [0.5, 0.6) is 0 Å². The monoisotopic (exact) mass is 522 g/mol. The molecule has 0 heterocycles. The molecule has 0 saturated heterocycles. The lowest BCUT2D eigenvalue weighted by molar-refractivity contribution is -0.165. The largest absolute Gasteiger partial charge is 0.412 e. The Hall–Kier alpha value is -3.12. The zero-order valence-electron chi connectivity index (χ0n) is 22.3.